The minimum absolute atomic E-state index is 0.300. The summed E-state index contributed by atoms with van der Waals surface area (Å²) in [5.74, 6) is 0. The van der Waals surface area contributed by atoms with Crippen LogP contribution in [0.2, 0.25) is 0 Å². The highest BCUT2D eigenvalue weighted by Gasteiger charge is 2.09. The third-order valence-electron chi connectivity index (χ3n) is 2.54. The largest absolute Gasteiger partial charge is 0.390 e. The van der Waals surface area contributed by atoms with Gasteiger partial charge >= 0.3 is 0 Å². The molecule has 14 heavy (non-hydrogen) atoms. The van der Waals surface area contributed by atoms with Gasteiger partial charge < -0.3 is 9.84 Å². The molecule has 1 aliphatic carbocycles. The second kappa shape index (κ2) is 7.02. The summed E-state index contributed by atoms with van der Waals surface area (Å²) in [4.78, 5) is 0. The van der Waals surface area contributed by atoms with Crippen molar-refractivity contribution in [3.8, 4) is 0 Å². The van der Waals surface area contributed by atoms with E-state index in [-0.39, 0.29) is 6.10 Å². The summed E-state index contributed by atoms with van der Waals surface area (Å²) in [6.07, 6.45) is 8.78. The molecule has 2 nitrogen and oxygen atoms in total. The quantitative estimate of drug-likeness (QED) is 0.525. The maximum atomic E-state index is 9.66. The highest BCUT2D eigenvalue weighted by Crippen LogP contribution is 2.21. The van der Waals surface area contributed by atoms with Gasteiger partial charge in [0.05, 0.1) is 12.7 Å². The lowest BCUT2D eigenvalue weighted by atomic mass is 9.95. The molecule has 2 heteroatoms. The lowest BCUT2D eigenvalue weighted by Gasteiger charge is -2.16. The molecule has 0 spiro atoms. The Hall–Kier alpha value is -0.340. The first-order chi connectivity index (χ1) is 6.83. The number of ether oxygens (including phenoxy) is 1. The van der Waals surface area contributed by atoms with Crippen LogP contribution in [0, 0.1) is 0 Å². The molecule has 0 aliphatic heterocycles. The fourth-order valence-electron chi connectivity index (χ4n) is 1.82. The second-order valence-corrected chi connectivity index (χ2v) is 4.04. The summed E-state index contributed by atoms with van der Waals surface area (Å²) in [6, 6.07) is 0. The molecule has 0 aromatic rings. The lowest BCUT2D eigenvalue weighted by Crippen LogP contribution is -2.16. The molecule has 0 saturated carbocycles. The van der Waals surface area contributed by atoms with Crippen molar-refractivity contribution in [2.45, 2.75) is 51.6 Å². The van der Waals surface area contributed by atoms with Crippen molar-refractivity contribution >= 4 is 0 Å². The summed E-state index contributed by atoms with van der Waals surface area (Å²) >= 11 is 0. The van der Waals surface area contributed by atoms with Crippen LogP contribution >= 0.6 is 0 Å². The van der Waals surface area contributed by atoms with Crippen LogP contribution in [0.1, 0.15) is 45.4 Å². The number of rotatable bonds is 6. The smallest absolute Gasteiger partial charge is 0.0810 e. The van der Waals surface area contributed by atoms with Crippen LogP contribution in [0.15, 0.2) is 11.6 Å². The van der Waals surface area contributed by atoms with Gasteiger partial charge in [0.25, 0.3) is 0 Å². The van der Waals surface area contributed by atoms with E-state index in [9.17, 15) is 5.11 Å². The Morgan fingerprint density at radius 1 is 1.50 bits per heavy atom. The van der Waals surface area contributed by atoms with Gasteiger partial charge in [0.15, 0.2) is 0 Å². The maximum absolute atomic E-state index is 9.66. The maximum Gasteiger partial charge on any atom is 0.0810 e. The van der Waals surface area contributed by atoms with Crippen LogP contribution in [0.4, 0.5) is 0 Å². The highest BCUT2D eigenvalue weighted by atomic mass is 16.5. The van der Waals surface area contributed by atoms with Crippen LogP contribution in [0.3, 0.4) is 0 Å². The first-order valence-electron chi connectivity index (χ1n) is 5.76. The zero-order valence-corrected chi connectivity index (χ0v) is 9.17. The zero-order chi connectivity index (χ0) is 10.2. The third-order valence-corrected chi connectivity index (χ3v) is 2.54. The Labute approximate surface area is 87.0 Å². The molecule has 0 aromatic heterocycles. The molecule has 1 rings (SSSR count). The molecule has 0 heterocycles. The fourth-order valence-corrected chi connectivity index (χ4v) is 1.82. The predicted molar refractivity (Wildman–Crippen MR) is 58.3 cm³/mol. The lowest BCUT2D eigenvalue weighted by molar-refractivity contribution is 0.0369. The standard InChI is InChI=1S/C12H22O2/c1-2-8-14-10-12(13)9-11-6-4-3-5-7-11/h6,12-13H,2-5,7-10H2,1H3. The summed E-state index contributed by atoms with van der Waals surface area (Å²) < 4.78 is 5.31. The minimum atomic E-state index is -0.300. The van der Waals surface area contributed by atoms with E-state index in [2.05, 4.69) is 13.0 Å². The second-order valence-electron chi connectivity index (χ2n) is 4.04. The van der Waals surface area contributed by atoms with Gasteiger partial charge in [-0.1, -0.05) is 18.6 Å². The molecule has 0 radical (unpaired) electrons. The Kier molecular flexibility index (Phi) is 5.88. The summed E-state index contributed by atoms with van der Waals surface area (Å²) in [5.41, 5.74) is 1.42. The SMILES string of the molecule is CCCOCC(O)CC1=CCCCC1. The average molecular weight is 198 g/mol. The van der Waals surface area contributed by atoms with E-state index >= 15 is 0 Å². The molecule has 0 saturated heterocycles. The molecule has 0 fully saturated rings. The number of hydrogen-bond donors (Lipinski definition) is 1. The molecule has 0 aromatic carbocycles. The van der Waals surface area contributed by atoms with E-state index in [1.165, 1.54) is 31.3 Å². The number of aliphatic hydroxyl groups excluding tert-OH is 1. The van der Waals surface area contributed by atoms with Crippen LogP contribution in [-0.4, -0.2) is 24.4 Å². The van der Waals surface area contributed by atoms with Crippen molar-refractivity contribution in [1.29, 1.82) is 0 Å². The molecule has 0 bridgehead atoms. The molecule has 1 unspecified atom stereocenters. The average Bonchev–Trinajstić information content (AvgIpc) is 2.20. The summed E-state index contributed by atoms with van der Waals surface area (Å²) in [6.45, 7) is 3.33. The molecular weight excluding hydrogens is 176 g/mol. The first-order valence-corrected chi connectivity index (χ1v) is 5.76. The van der Waals surface area contributed by atoms with Gasteiger partial charge in [-0.25, -0.2) is 0 Å². The van der Waals surface area contributed by atoms with E-state index in [1.807, 2.05) is 0 Å². The van der Waals surface area contributed by atoms with Crippen LogP contribution in [0.25, 0.3) is 0 Å². The highest BCUT2D eigenvalue weighted by molar-refractivity contribution is 5.06. The predicted octanol–water partition coefficient (Wildman–Crippen LogP) is 2.66. The Balaban J connectivity index is 2.12. The third kappa shape index (κ3) is 4.77. The topological polar surface area (TPSA) is 29.5 Å². The van der Waals surface area contributed by atoms with Crippen molar-refractivity contribution < 1.29 is 9.84 Å². The van der Waals surface area contributed by atoms with E-state index < -0.39 is 0 Å². The molecule has 82 valence electrons. The van der Waals surface area contributed by atoms with Gasteiger partial charge in [-0.2, -0.15) is 0 Å². The Morgan fingerprint density at radius 2 is 2.36 bits per heavy atom. The molecule has 1 N–H and O–H groups in total. The van der Waals surface area contributed by atoms with E-state index in [4.69, 9.17) is 4.74 Å². The van der Waals surface area contributed by atoms with Crippen molar-refractivity contribution in [2.24, 2.45) is 0 Å². The van der Waals surface area contributed by atoms with Gasteiger partial charge in [0.2, 0.25) is 0 Å². The van der Waals surface area contributed by atoms with Gasteiger partial charge in [-0.05, 0) is 38.5 Å². The first kappa shape index (κ1) is 11.7. The molecule has 1 aliphatic rings. The van der Waals surface area contributed by atoms with Gasteiger partial charge in [0.1, 0.15) is 0 Å². The summed E-state index contributed by atoms with van der Waals surface area (Å²) in [7, 11) is 0. The van der Waals surface area contributed by atoms with Crippen molar-refractivity contribution in [3.63, 3.8) is 0 Å². The van der Waals surface area contributed by atoms with E-state index in [0.29, 0.717) is 6.61 Å². The Bertz CT molecular complexity index is 175. The summed E-state index contributed by atoms with van der Waals surface area (Å²) in [5, 5.41) is 9.66. The van der Waals surface area contributed by atoms with Crippen LogP contribution in [0.5, 0.6) is 0 Å². The molecule has 0 amide bonds. The monoisotopic (exact) mass is 198 g/mol. The molecule has 1 atom stereocenters. The fraction of sp³-hybridized carbons (Fsp3) is 0.833. The van der Waals surface area contributed by atoms with Gasteiger partial charge in [-0.3, -0.25) is 0 Å². The van der Waals surface area contributed by atoms with Gasteiger partial charge in [0, 0.05) is 6.61 Å². The molecular formula is C12H22O2. The normalized spacial score (nSPS) is 19.1. The zero-order valence-electron chi connectivity index (χ0n) is 9.17. The van der Waals surface area contributed by atoms with Gasteiger partial charge in [-0.15, -0.1) is 0 Å². The van der Waals surface area contributed by atoms with E-state index in [0.717, 1.165) is 19.4 Å². The van der Waals surface area contributed by atoms with Crippen molar-refractivity contribution in [1.82, 2.24) is 0 Å². The minimum Gasteiger partial charge on any atom is -0.390 e. The number of aliphatic hydroxyl groups is 1. The Morgan fingerprint density at radius 3 is 3.00 bits per heavy atom. The van der Waals surface area contributed by atoms with E-state index in [1.54, 1.807) is 0 Å². The number of hydrogen-bond acceptors (Lipinski definition) is 2. The van der Waals surface area contributed by atoms with Crippen LogP contribution in [-0.2, 0) is 4.74 Å². The van der Waals surface area contributed by atoms with Crippen LogP contribution < -0.4 is 0 Å². The van der Waals surface area contributed by atoms with Crippen molar-refractivity contribution in [2.75, 3.05) is 13.2 Å². The van der Waals surface area contributed by atoms with Crippen molar-refractivity contribution in [3.05, 3.63) is 11.6 Å². The number of allylic oxidation sites excluding steroid dienone is 1.